The van der Waals surface area contributed by atoms with Crippen molar-refractivity contribution in [3.05, 3.63) is 58.9 Å². The maximum absolute atomic E-state index is 13.6. The molecule has 0 aliphatic heterocycles. The third-order valence-corrected chi connectivity index (χ3v) is 4.46. The van der Waals surface area contributed by atoms with Crippen LogP contribution in [0.15, 0.2) is 47.4 Å². The highest BCUT2D eigenvalue weighted by atomic mass is 35.5. The Labute approximate surface area is 127 Å². The predicted octanol–water partition coefficient (Wildman–Crippen LogP) is 3.33. The Morgan fingerprint density at radius 2 is 1.81 bits per heavy atom. The lowest BCUT2D eigenvalue weighted by Gasteiger charge is -2.10. The van der Waals surface area contributed by atoms with Gasteiger partial charge in [-0.1, -0.05) is 23.7 Å². The molecule has 4 nitrogen and oxygen atoms in total. The highest BCUT2D eigenvalue weighted by Crippen LogP contribution is 2.23. The van der Waals surface area contributed by atoms with Gasteiger partial charge in [0.1, 0.15) is 5.82 Å². The van der Waals surface area contributed by atoms with Gasteiger partial charge in [0, 0.05) is 5.02 Å². The average Bonchev–Trinajstić information content (AvgIpc) is 2.43. The van der Waals surface area contributed by atoms with Crippen molar-refractivity contribution >= 4 is 27.3 Å². The van der Waals surface area contributed by atoms with Gasteiger partial charge < -0.3 is 5.11 Å². The Morgan fingerprint density at radius 3 is 2.38 bits per heavy atom. The van der Waals surface area contributed by atoms with E-state index in [0.29, 0.717) is 5.56 Å². The lowest BCUT2D eigenvalue weighted by Crippen LogP contribution is -2.14. The lowest BCUT2D eigenvalue weighted by molar-refractivity contribution is 0.199. The largest absolute Gasteiger partial charge is 0.389 e. The van der Waals surface area contributed by atoms with Crippen LogP contribution in [0.3, 0.4) is 0 Å². The van der Waals surface area contributed by atoms with Crippen LogP contribution in [0.5, 0.6) is 0 Å². The van der Waals surface area contributed by atoms with Gasteiger partial charge in [-0.25, -0.2) is 12.8 Å². The summed E-state index contributed by atoms with van der Waals surface area (Å²) in [5.41, 5.74) is 0.366. The maximum atomic E-state index is 13.6. The molecule has 0 spiro atoms. The van der Waals surface area contributed by atoms with Crippen LogP contribution < -0.4 is 4.72 Å². The second kappa shape index (κ2) is 6.01. The van der Waals surface area contributed by atoms with E-state index < -0.39 is 21.9 Å². The summed E-state index contributed by atoms with van der Waals surface area (Å²) < 4.78 is 40.0. The summed E-state index contributed by atoms with van der Waals surface area (Å²) in [6.07, 6.45) is -0.694. The molecular formula is C14H13ClFNO3S. The van der Waals surface area contributed by atoms with Gasteiger partial charge in [-0.15, -0.1) is 0 Å². The number of rotatable bonds is 4. The van der Waals surface area contributed by atoms with Crippen LogP contribution in [0.25, 0.3) is 0 Å². The fraction of sp³-hybridized carbons (Fsp3) is 0.143. The first-order valence-electron chi connectivity index (χ1n) is 6.05. The summed E-state index contributed by atoms with van der Waals surface area (Å²) in [6.45, 7) is 1.57. The van der Waals surface area contributed by atoms with Crippen LogP contribution in [0.1, 0.15) is 18.6 Å². The molecule has 7 heteroatoms. The number of anilines is 1. The van der Waals surface area contributed by atoms with Crippen LogP contribution in [0.4, 0.5) is 10.1 Å². The monoisotopic (exact) mass is 329 g/mol. The second-order valence-corrected chi connectivity index (χ2v) is 6.59. The zero-order valence-electron chi connectivity index (χ0n) is 11.0. The quantitative estimate of drug-likeness (QED) is 0.904. The molecule has 112 valence electrons. The molecule has 0 aromatic heterocycles. The topological polar surface area (TPSA) is 66.4 Å². The maximum Gasteiger partial charge on any atom is 0.261 e. The molecule has 2 N–H and O–H groups in total. The number of hydrogen-bond acceptors (Lipinski definition) is 3. The number of aliphatic hydroxyl groups is 1. The first-order valence-corrected chi connectivity index (χ1v) is 7.91. The molecule has 0 aliphatic rings. The lowest BCUT2D eigenvalue weighted by atomic mass is 10.1. The zero-order chi connectivity index (χ0) is 15.6. The van der Waals surface area contributed by atoms with Gasteiger partial charge in [-0.05, 0) is 42.8 Å². The van der Waals surface area contributed by atoms with Crippen LogP contribution in [0, 0.1) is 5.82 Å². The van der Waals surface area contributed by atoms with Crippen LogP contribution in [-0.2, 0) is 10.0 Å². The molecule has 2 aromatic carbocycles. The zero-order valence-corrected chi connectivity index (χ0v) is 12.6. The third kappa shape index (κ3) is 3.72. The summed E-state index contributed by atoms with van der Waals surface area (Å²) in [6, 6.07) is 9.27. The molecule has 0 amide bonds. The van der Waals surface area contributed by atoms with Gasteiger partial charge in [-0.2, -0.15) is 0 Å². The third-order valence-electron chi connectivity index (χ3n) is 2.85. The van der Waals surface area contributed by atoms with Gasteiger partial charge in [0.15, 0.2) is 0 Å². The van der Waals surface area contributed by atoms with Crippen molar-refractivity contribution in [3.8, 4) is 0 Å². The van der Waals surface area contributed by atoms with E-state index in [0.717, 1.165) is 6.07 Å². The molecule has 0 fully saturated rings. The van der Waals surface area contributed by atoms with Gasteiger partial charge in [-0.3, -0.25) is 4.72 Å². The predicted molar refractivity (Wildman–Crippen MR) is 79.3 cm³/mol. The van der Waals surface area contributed by atoms with Crippen molar-refractivity contribution in [3.63, 3.8) is 0 Å². The SMILES string of the molecule is CC(O)c1ccc(S(=O)(=O)Nc2cc(Cl)ccc2F)cc1. The Kier molecular flexibility index (Phi) is 4.51. The molecular weight excluding hydrogens is 317 g/mol. The Morgan fingerprint density at radius 1 is 1.19 bits per heavy atom. The normalized spacial score (nSPS) is 13.0. The van der Waals surface area contributed by atoms with Crippen LogP contribution >= 0.6 is 11.6 Å². The molecule has 0 bridgehead atoms. The first-order chi connectivity index (χ1) is 9.79. The second-order valence-electron chi connectivity index (χ2n) is 4.47. The van der Waals surface area contributed by atoms with Crippen molar-refractivity contribution in [1.29, 1.82) is 0 Å². The van der Waals surface area contributed by atoms with Crippen molar-refractivity contribution < 1.29 is 17.9 Å². The Hall–Kier alpha value is -1.63. The minimum Gasteiger partial charge on any atom is -0.389 e. The summed E-state index contributed by atoms with van der Waals surface area (Å²) in [5, 5.41) is 9.61. The van der Waals surface area contributed by atoms with E-state index in [1.807, 2.05) is 0 Å². The molecule has 21 heavy (non-hydrogen) atoms. The molecule has 2 aromatic rings. The summed E-state index contributed by atoms with van der Waals surface area (Å²) in [4.78, 5) is -0.0359. The van der Waals surface area contributed by atoms with Gasteiger partial charge in [0.2, 0.25) is 0 Å². The molecule has 1 unspecified atom stereocenters. The van der Waals surface area contributed by atoms with Gasteiger partial charge in [0.25, 0.3) is 10.0 Å². The molecule has 1 atom stereocenters. The van der Waals surface area contributed by atoms with E-state index >= 15 is 0 Å². The fourth-order valence-corrected chi connectivity index (χ4v) is 2.94. The minimum atomic E-state index is -3.93. The smallest absolute Gasteiger partial charge is 0.261 e. The summed E-state index contributed by atoms with van der Waals surface area (Å²) in [7, 11) is -3.93. The van der Waals surface area contributed by atoms with E-state index in [1.54, 1.807) is 6.92 Å². The van der Waals surface area contributed by atoms with Gasteiger partial charge >= 0.3 is 0 Å². The molecule has 0 radical (unpaired) electrons. The number of sulfonamides is 1. The summed E-state index contributed by atoms with van der Waals surface area (Å²) in [5.74, 6) is -0.719. The van der Waals surface area contributed by atoms with E-state index in [2.05, 4.69) is 4.72 Å². The standard InChI is InChI=1S/C14H13ClFNO3S/c1-9(18)10-2-5-12(6-3-10)21(19,20)17-14-8-11(15)4-7-13(14)16/h2-9,17-18H,1H3. The number of benzene rings is 2. The molecule has 0 saturated carbocycles. The van der Waals surface area contributed by atoms with Crippen molar-refractivity contribution in [2.24, 2.45) is 0 Å². The van der Waals surface area contributed by atoms with E-state index in [-0.39, 0.29) is 15.6 Å². The fourth-order valence-electron chi connectivity index (χ4n) is 1.70. The molecule has 2 rings (SSSR count). The van der Waals surface area contributed by atoms with Crippen molar-refractivity contribution in [2.75, 3.05) is 4.72 Å². The molecule has 0 aliphatic carbocycles. The van der Waals surface area contributed by atoms with Crippen molar-refractivity contribution in [2.45, 2.75) is 17.9 Å². The van der Waals surface area contributed by atoms with Crippen LogP contribution in [0.2, 0.25) is 5.02 Å². The van der Waals surface area contributed by atoms with Crippen LogP contribution in [-0.4, -0.2) is 13.5 Å². The Balaban J connectivity index is 2.31. The number of aliphatic hydroxyl groups excluding tert-OH is 1. The molecule has 0 saturated heterocycles. The minimum absolute atomic E-state index is 0.0359. The number of hydrogen-bond donors (Lipinski definition) is 2. The first kappa shape index (κ1) is 15.8. The number of nitrogens with one attached hydrogen (secondary N) is 1. The highest BCUT2D eigenvalue weighted by Gasteiger charge is 2.17. The number of halogens is 2. The van der Waals surface area contributed by atoms with Gasteiger partial charge in [0.05, 0.1) is 16.7 Å². The van der Waals surface area contributed by atoms with Crippen molar-refractivity contribution in [1.82, 2.24) is 0 Å². The average molecular weight is 330 g/mol. The highest BCUT2D eigenvalue weighted by molar-refractivity contribution is 7.92. The summed E-state index contributed by atoms with van der Waals surface area (Å²) >= 11 is 5.72. The van der Waals surface area contributed by atoms with E-state index in [9.17, 15) is 17.9 Å². The molecule has 0 heterocycles. The van der Waals surface area contributed by atoms with E-state index in [1.165, 1.54) is 36.4 Å². The Bertz CT molecular complexity index is 745. The van der Waals surface area contributed by atoms with E-state index in [4.69, 9.17) is 11.6 Å².